The molecule has 0 aliphatic rings. The van der Waals surface area contributed by atoms with Crippen molar-refractivity contribution in [1.29, 1.82) is 0 Å². The van der Waals surface area contributed by atoms with Crippen molar-refractivity contribution in [3.8, 4) is 5.69 Å². The van der Waals surface area contributed by atoms with Crippen LogP contribution in [0.25, 0.3) is 5.69 Å². The molecule has 0 aliphatic heterocycles. The van der Waals surface area contributed by atoms with Gasteiger partial charge in [-0.05, 0) is 19.1 Å². The molecule has 1 amide bonds. The van der Waals surface area contributed by atoms with Crippen molar-refractivity contribution in [3.63, 3.8) is 0 Å². The molecule has 1 heterocycles. The van der Waals surface area contributed by atoms with Crippen LogP contribution in [0.4, 0.5) is 5.82 Å². The molecule has 2 aromatic rings. The summed E-state index contributed by atoms with van der Waals surface area (Å²) in [5.74, 6) is -0.0170. The Labute approximate surface area is 115 Å². The number of carbonyl (C=O) groups is 1. The van der Waals surface area contributed by atoms with E-state index in [4.69, 9.17) is 23.2 Å². The molecule has 0 saturated carbocycles. The lowest BCUT2D eigenvalue weighted by Gasteiger charge is -2.08. The largest absolute Gasteiger partial charge is 0.308 e. The van der Waals surface area contributed by atoms with E-state index in [9.17, 15) is 4.79 Å². The molecule has 4 nitrogen and oxygen atoms in total. The molecular formula is C12H11Cl2N3O. The number of nitrogens with zero attached hydrogens (tertiary/aromatic N) is 2. The van der Waals surface area contributed by atoms with Crippen LogP contribution in [0.5, 0.6) is 0 Å². The summed E-state index contributed by atoms with van der Waals surface area (Å²) in [4.78, 5) is 11.4. The van der Waals surface area contributed by atoms with Gasteiger partial charge in [-0.3, -0.25) is 4.79 Å². The van der Waals surface area contributed by atoms with Crippen LogP contribution in [-0.2, 0) is 4.79 Å². The number of alkyl halides is 1. The smallest absolute Gasteiger partial charge is 0.240 e. The summed E-state index contributed by atoms with van der Waals surface area (Å²) >= 11 is 11.6. The molecule has 0 radical (unpaired) electrons. The molecule has 94 valence electrons. The van der Waals surface area contributed by atoms with Gasteiger partial charge >= 0.3 is 0 Å². The maximum absolute atomic E-state index is 11.4. The predicted molar refractivity (Wildman–Crippen MR) is 72.7 cm³/mol. The zero-order chi connectivity index (χ0) is 13.1. The maximum Gasteiger partial charge on any atom is 0.240 e. The molecule has 1 aromatic heterocycles. The van der Waals surface area contributed by atoms with Crippen LogP contribution < -0.4 is 5.32 Å². The minimum atomic E-state index is -0.323. The maximum atomic E-state index is 11.4. The van der Waals surface area contributed by atoms with E-state index in [2.05, 4.69) is 10.4 Å². The second kappa shape index (κ2) is 5.42. The Bertz CT molecular complexity index is 566. The molecule has 0 atom stereocenters. The Hall–Kier alpha value is -1.52. The zero-order valence-electron chi connectivity index (χ0n) is 9.65. The molecular weight excluding hydrogens is 273 g/mol. The molecule has 1 N–H and O–H groups in total. The van der Waals surface area contributed by atoms with E-state index in [1.54, 1.807) is 11.6 Å². The first-order chi connectivity index (χ1) is 8.63. The normalized spacial score (nSPS) is 10.4. The van der Waals surface area contributed by atoms with Gasteiger partial charge < -0.3 is 5.32 Å². The van der Waals surface area contributed by atoms with Gasteiger partial charge in [0, 0.05) is 0 Å². The number of anilines is 1. The van der Waals surface area contributed by atoms with E-state index in [0.29, 0.717) is 16.5 Å². The summed E-state index contributed by atoms with van der Waals surface area (Å²) < 4.78 is 1.59. The van der Waals surface area contributed by atoms with Crippen molar-refractivity contribution in [2.45, 2.75) is 6.92 Å². The van der Waals surface area contributed by atoms with Gasteiger partial charge in [0.1, 0.15) is 10.9 Å². The van der Waals surface area contributed by atoms with Crippen LogP contribution in [0, 0.1) is 6.92 Å². The van der Waals surface area contributed by atoms with Gasteiger partial charge in [0.25, 0.3) is 0 Å². The number of hydrogen-bond donors (Lipinski definition) is 1. The Morgan fingerprint density at radius 3 is 2.67 bits per heavy atom. The highest BCUT2D eigenvalue weighted by molar-refractivity contribution is 6.35. The standard InChI is InChI=1S/C12H11Cl2N3O/c1-8-11(14)12(15-10(18)7-13)17(16-8)9-5-3-2-4-6-9/h2-6H,7H2,1H3,(H,15,18). The first kappa shape index (κ1) is 12.9. The van der Waals surface area contributed by atoms with E-state index >= 15 is 0 Å². The molecule has 6 heteroatoms. The molecule has 0 saturated heterocycles. The van der Waals surface area contributed by atoms with E-state index in [-0.39, 0.29) is 11.8 Å². The van der Waals surface area contributed by atoms with Crippen molar-refractivity contribution in [2.75, 3.05) is 11.2 Å². The number of amides is 1. The summed E-state index contributed by atoms with van der Waals surface area (Å²) in [6, 6.07) is 9.41. The Balaban J connectivity index is 2.48. The lowest BCUT2D eigenvalue weighted by Crippen LogP contribution is -2.16. The minimum Gasteiger partial charge on any atom is -0.308 e. The fourth-order valence-electron chi connectivity index (χ4n) is 1.54. The fourth-order valence-corrected chi connectivity index (χ4v) is 1.77. The van der Waals surface area contributed by atoms with E-state index < -0.39 is 0 Å². The van der Waals surface area contributed by atoms with Gasteiger partial charge in [-0.1, -0.05) is 29.8 Å². The molecule has 0 fully saturated rings. The third-order valence-corrected chi connectivity index (χ3v) is 3.06. The number of benzene rings is 1. The molecule has 2 rings (SSSR count). The van der Waals surface area contributed by atoms with E-state index in [1.807, 2.05) is 30.3 Å². The average Bonchev–Trinajstić information content (AvgIpc) is 2.68. The van der Waals surface area contributed by atoms with Crippen molar-refractivity contribution in [1.82, 2.24) is 9.78 Å². The number of hydrogen-bond acceptors (Lipinski definition) is 2. The highest BCUT2D eigenvalue weighted by atomic mass is 35.5. The van der Waals surface area contributed by atoms with Crippen molar-refractivity contribution >= 4 is 34.9 Å². The van der Waals surface area contributed by atoms with Gasteiger partial charge in [-0.25, -0.2) is 4.68 Å². The predicted octanol–water partition coefficient (Wildman–Crippen LogP) is 3.01. The summed E-state index contributed by atoms with van der Waals surface area (Å²) in [5, 5.41) is 7.35. The fraction of sp³-hybridized carbons (Fsp3) is 0.167. The second-order valence-corrected chi connectivity index (χ2v) is 4.32. The van der Waals surface area contributed by atoms with Crippen LogP contribution in [0.2, 0.25) is 5.02 Å². The molecule has 0 spiro atoms. The SMILES string of the molecule is Cc1nn(-c2ccccc2)c(NC(=O)CCl)c1Cl. The minimum absolute atomic E-state index is 0.130. The summed E-state index contributed by atoms with van der Waals surface area (Å²) in [6.45, 7) is 1.78. The summed E-state index contributed by atoms with van der Waals surface area (Å²) in [5.41, 5.74) is 1.46. The van der Waals surface area contributed by atoms with Crippen LogP contribution in [-0.4, -0.2) is 21.6 Å². The number of nitrogens with one attached hydrogen (secondary N) is 1. The monoisotopic (exact) mass is 283 g/mol. The summed E-state index contributed by atoms with van der Waals surface area (Å²) in [7, 11) is 0. The van der Waals surface area contributed by atoms with Crippen LogP contribution in [0.1, 0.15) is 5.69 Å². The second-order valence-electron chi connectivity index (χ2n) is 3.68. The first-order valence-corrected chi connectivity index (χ1v) is 6.21. The van der Waals surface area contributed by atoms with Gasteiger partial charge in [0.2, 0.25) is 5.91 Å². The van der Waals surface area contributed by atoms with Crippen molar-refractivity contribution < 1.29 is 4.79 Å². The number of para-hydroxylation sites is 1. The molecule has 0 unspecified atom stereocenters. The lowest BCUT2D eigenvalue weighted by molar-refractivity contribution is -0.114. The number of carbonyl (C=O) groups excluding carboxylic acids is 1. The quantitative estimate of drug-likeness (QED) is 0.881. The number of aromatic nitrogens is 2. The topological polar surface area (TPSA) is 46.9 Å². The van der Waals surface area contributed by atoms with E-state index in [1.165, 1.54) is 0 Å². The number of halogens is 2. The van der Waals surface area contributed by atoms with Crippen LogP contribution >= 0.6 is 23.2 Å². The van der Waals surface area contributed by atoms with Gasteiger partial charge in [-0.15, -0.1) is 11.6 Å². The summed E-state index contributed by atoms with van der Waals surface area (Å²) in [6.07, 6.45) is 0. The zero-order valence-corrected chi connectivity index (χ0v) is 11.2. The van der Waals surface area contributed by atoms with Gasteiger partial charge in [0.05, 0.1) is 11.4 Å². The first-order valence-electron chi connectivity index (χ1n) is 5.30. The average molecular weight is 284 g/mol. The number of aryl methyl sites for hydroxylation is 1. The highest BCUT2D eigenvalue weighted by Crippen LogP contribution is 2.28. The van der Waals surface area contributed by atoms with Crippen LogP contribution in [0.15, 0.2) is 30.3 Å². The Kier molecular flexibility index (Phi) is 3.89. The van der Waals surface area contributed by atoms with Crippen molar-refractivity contribution in [3.05, 3.63) is 41.0 Å². The van der Waals surface area contributed by atoms with Crippen LogP contribution in [0.3, 0.4) is 0 Å². The third-order valence-electron chi connectivity index (χ3n) is 2.37. The van der Waals surface area contributed by atoms with Gasteiger partial charge in [0.15, 0.2) is 5.82 Å². The third kappa shape index (κ3) is 2.49. The Morgan fingerprint density at radius 1 is 1.39 bits per heavy atom. The molecule has 0 bridgehead atoms. The lowest BCUT2D eigenvalue weighted by atomic mass is 10.3. The van der Waals surface area contributed by atoms with Gasteiger partial charge in [-0.2, -0.15) is 5.10 Å². The van der Waals surface area contributed by atoms with E-state index in [0.717, 1.165) is 5.69 Å². The Morgan fingerprint density at radius 2 is 2.06 bits per heavy atom. The van der Waals surface area contributed by atoms with Crippen molar-refractivity contribution in [2.24, 2.45) is 0 Å². The number of rotatable bonds is 3. The molecule has 18 heavy (non-hydrogen) atoms. The molecule has 0 aliphatic carbocycles. The highest BCUT2D eigenvalue weighted by Gasteiger charge is 2.16. The molecule has 1 aromatic carbocycles.